The first-order chi connectivity index (χ1) is 10.7. The number of halogens is 2. The molecule has 24 heavy (non-hydrogen) atoms. The van der Waals surface area contributed by atoms with Gasteiger partial charge in [-0.3, -0.25) is 0 Å². The van der Waals surface area contributed by atoms with Gasteiger partial charge in [0.05, 0.1) is 11.3 Å². The van der Waals surface area contributed by atoms with Crippen LogP contribution in [0.3, 0.4) is 0 Å². The van der Waals surface area contributed by atoms with Crippen molar-refractivity contribution in [2.24, 2.45) is 0 Å². The third-order valence-electron chi connectivity index (χ3n) is 2.57. The molecule has 0 aliphatic carbocycles. The van der Waals surface area contributed by atoms with Crippen LogP contribution < -0.4 is 10.6 Å². The van der Waals surface area contributed by atoms with Crippen LogP contribution in [-0.4, -0.2) is 28.8 Å². The van der Waals surface area contributed by atoms with E-state index >= 15 is 0 Å². The number of carbonyl (C=O) groups is 1. The predicted octanol–water partition coefficient (Wildman–Crippen LogP) is 3.38. The van der Waals surface area contributed by atoms with Crippen molar-refractivity contribution in [2.75, 3.05) is 10.6 Å². The van der Waals surface area contributed by atoms with Crippen molar-refractivity contribution < 1.29 is 28.2 Å². The van der Waals surface area contributed by atoms with Gasteiger partial charge < -0.3 is 20.3 Å². The number of benzene rings is 1. The molecule has 0 saturated heterocycles. The Morgan fingerprint density at radius 3 is 2.12 bits per heavy atom. The van der Waals surface area contributed by atoms with Gasteiger partial charge in [-0.15, -0.1) is 0 Å². The summed E-state index contributed by atoms with van der Waals surface area (Å²) in [4.78, 5) is 12.9. The van der Waals surface area contributed by atoms with E-state index in [-0.39, 0.29) is 5.69 Å². The lowest BCUT2D eigenvalue weighted by molar-refractivity contribution is -0.163. The molecule has 0 heterocycles. The minimum Gasteiger partial charge on any atom is -0.443 e. The number of nitrogen functional groups attached to an aromatic ring is 1. The molecule has 1 aromatic carbocycles. The van der Waals surface area contributed by atoms with Crippen molar-refractivity contribution in [1.82, 2.24) is 0 Å². The second-order valence-corrected chi connectivity index (χ2v) is 7.23. The van der Waals surface area contributed by atoms with E-state index in [2.05, 4.69) is 0 Å². The van der Waals surface area contributed by atoms with Crippen molar-refractivity contribution in [3.63, 3.8) is 0 Å². The van der Waals surface area contributed by atoms with Gasteiger partial charge in [0.25, 0.3) is 0 Å². The highest BCUT2D eigenvalue weighted by Crippen LogP contribution is 2.32. The number of hydrogen-bond acceptors (Lipinski definition) is 5. The van der Waals surface area contributed by atoms with Crippen LogP contribution in [0.2, 0.25) is 0 Å². The molecule has 1 unspecified atom stereocenters. The normalized spacial score (nSPS) is 13.5. The molecule has 3 N–H and O–H groups in total. The molecule has 0 aromatic heterocycles. The first-order valence-corrected chi connectivity index (χ1v) is 7.34. The maximum Gasteiger partial charge on any atom is 0.419 e. The number of aliphatic hydroxyl groups is 1. The Bertz CT molecular complexity index is 586. The molecule has 136 valence electrons. The van der Waals surface area contributed by atoms with Crippen molar-refractivity contribution in [3.05, 3.63) is 23.8 Å². The third kappa shape index (κ3) is 5.61. The van der Waals surface area contributed by atoms with E-state index in [9.17, 15) is 18.7 Å². The van der Waals surface area contributed by atoms with Crippen LogP contribution in [0.15, 0.2) is 12.1 Å². The summed E-state index contributed by atoms with van der Waals surface area (Å²) < 4.78 is 37.9. The highest BCUT2D eigenvalue weighted by molar-refractivity contribution is 5.92. The summed E-state index contributed by atoms with van der Waals surface area (Å²) in [5.41, 5.74) is 2.95. The molecule has 1 amide bonds. The molecular formula is C16H24F2N2O4. The standard InChI is InChI=1S/C16H24F2N2O4/c1-15(2,3)23-13(21)20(14(22)24-16(4,5)6)12-10(18)7-9(17)8-11(12)19/h7-8,13,21H,19H2,1-6H3. The minimum atomic E-state index is -1.89. The summed E-state index contributed by atoms with van der Waals surface area (Å²) in [6.45, 7) is 9.70. The average molecular weight is 346 g/mol. The van der Waals surface area contributed by atoms with E-state index < -0.39 is 41.0 Å². The Balaban J connectivity index is 3.36. The second kappa shape index (κ2) is 6.90. The van der Waals surface area contributed by atoms with E-state index in [0.29, 0.717) is 11.0 Å². The van der Waals surface area contributed by atoms with Gasteiger partial charge in [0, 0.05) is 6.07 Å². The Hall–Kier alpha value is -1.93. The van der Waals surface area contributed by atoms with Crippen LogP contribution in [0.4, 0.5) is 25.0 Å². The van der Waals surface area contributed by atoms with Gasteiger partial charge in [0.2, 0.25) is 6.41 Å². The molecule has 1 atom stereocenters. The number of hydrogen-bond donors (Lipinski definition) is 2. The first kappa shape index (κ1) is 20.1. The molecule has 0 spiro atoms. The molecule has 8 heteroatoms. The summed E-state index contributed by atoms with van der Waals surface area (Å²) in [5, 5.41) is 10.3. The van der Waals surface area contributed by atoms with Gasteiger partial charge in [0.15, 0.2) is 5.82 Å². The molecule has 1 rings (SSSR count). The zero-order valence-electron chi connectivity index (χ0n) is 14.7. The largest absolute Gasteiger partial charge is 0.443 e. The Morgan fingerprint density at radius 2 is 1.71 bits per heavy atom. The van der Waals surface area contributed by atoms with Gasteiger partial charge in [-0.1, -0.05) is 0 Å². The summed E-state index contributed by atoms with van der Waals surface area (Å²) in [7, 11) is 0. The zero-order chi connectivity index (χ0) is 18.9. The Labute approximate surface area is 140 Å². The molecule has 6 nitrogen and oxygen atoms in total. The van der Waals surface area contributed by atoms with Gasteiger partial charge in [-0.05, 0) is 47.6 Å². The molecule has 0 bridgehead atoms. The molecule has 0 radical (unpaired) electrons. The van der Waals surface area contributed by atoms with Crippen molar-refractivity contribution in [2.45, 2.75) is 59.2 Å². The van der Waals surface area contributed by atoms with Crippen molar-refractivity contribution in [1.29, 1.82) is 0 Å². The number of ether oxygens (including phenoxy) is 2. The Morgan fingerprint density at radius 1 is 1.17 bits per heavy atom. The maximum atomic E-state index is 14.2. The molecule has 0 saturated carbocycles. The fraction of sp³-hybridized carbons (Fsp3) is 0.562. The first-order valence-electron chi connectivity index (χ1n) is 7.34. The van der Waals surface area contributed by atoms with Gasteiger partial charge in [0.1, 0.15) is 17.1 Å². The molecular weight excluding hydrogens is 322 g/mol. The van der Waals surface area contributed by atoms with Gasteiger partial charge in [-0.2, -0.15) is 0 Å². The van der Waals surface area contributed by atoms with Crippen LogP contribution in [0.1, 0.15) is 41.5 Å². The SMILES string of the molecule is CC(C)(C)OC(=O)N(c1c(N)cc(F)cc1F)C(O)OC(C)(C)C. The third-order valence-corrected chi connectivity index (χ3v) is 2.57. The van der Waals surface area contributed by atoms with Crippen molar-refractivity contribution in [3.8, 4) is 0 Å². The monoisotopic (exact) mass is 346 g/mol. The van der Waals surface area contributed by atoms with Crippen LogP contribution in [0.5, 0.6) is 0 Å². The summed E-state index contributed by atoms with van der Waals surface area (Å²) in [6.07, 6.45) is -2.97. The Kier molecular flexibility index (Phi) is 5.78. The zero-order valence-corrected chi connectivity index (χ0v) is 14.7. The van der Waals surface area contributed by atoms with E-state index in [1.165, 1.54) is 0 Å². The summed E-state index contributed by atoms with van der Waals surface area (Å²) in [6, 6.07) is 1.38. The number of anilines is 2. The van der Waals surface area contributed by atoms with Crippen LogP contribution >= 0.6 is 0 Å². The molecule has 0 fully saturated rings. The second-order valence-electron chi connectivity index (χ2n) is 7.23. The highest BCUT2D eigenvalue weighted by Gasteiger charge is 2.35. The summed E-state index contributed by atoms with van der Waals surface area (Å²) >= 11 is 0. The fourth-order valence-corrected chi connectivity index (χ4v) is 1.81. The van der Waals surface area contributed by atoms with E-state index in [4.69, 9.17) is 15.2 Å². The number of carbonyl (C=O) groups excluding carboxylic acids is 1. The maximum absolute atomic E-state index is 14.2. The fourth-order valence-electron chi connectivity index (χ4n) is 1.81. The number of nitrogens with two attached hydrogens (primary N) is 1. The average Bonchev–Trinajstić information content (AvgIpc) is 2.28. The molecule has 0 aliphatic heterocycles. The lowest BCUT2D eigenvalue weighted by atomic mass is 10.2. The number of amides is 1. The molecule has 0 aliphatic rings. The predicted molar refractivity (Wildman–Crippen MR) is 86.3 cm³/mol. The van der Waals surface area contributed by atoms with E-state index in [0.717, 1.165) is 6.07 Å². The highest BCUT2D eigenvalue weighted by atomic mass is 19.1. The quantitative estimate of drug-likeness (QED) is 0.647. The van der Waals surface area contributed by atoms with Gasteiger partial charge >= 0.3 is 6.09 Å². The lowest BCUT2D eigenvalue weighted by Crippen LogP contribution is -2.48. The van der Waals surface area contributed by atoms with Crippen LogP contribution in [-0.2, 0) is 9.47 Å². The number of aliphatic hydroxyl groups excluding tert-OH is 1. The van der Waals surface area contributed by atoms with E-state index in [1.807, 2.05) is 0 Å². The molecule has 1 aromatic rings. The van der Waals surface area contributed by atoms with Crippen LogP contribution in [0, 0.1) is 11.6 Å². The van der Waals surface area contributed by atoms with Crippen LogP contribution in [0.25, 0.3) is 0 Å². The topological polar surface area (TPSA) is 85.0 Å². The van der Waals surface area contributed by atoms with Crippen molar-refractivity contribution >= 4 is 17.5 Å². The van der Waals surface area contributed by atoms with Gasteiger partial charge in [-0.25, -0.2) is 18.5 Å². The minimum absolute atomic E-state index is 0.380. The lowest BCUT2D eigenvalue weighted by Gasteiger charge is -2.34. The number of nitrogens with zero attached hydrogens (tertiary/aromatic N) is 1. The van der Waals surface area contributed by atoms with E-state index in [1.54, 1.807) is 41.5 Å². The summed E-state index contributed by atoms with van der Waals surface area (Å²) in [5.74, 6) is -2.04. The number of rotatable bonds is 3. The smallest absolute Gasteiger partial charge is 0.419 e.